The fraction of sp³-hybridized carbons (Fsp3) is 0.143. The van der Waals surface area contributed by atoms with Crippen LogP contribution in [0.4, 0.5) is 0 Å². The molecule has 1 aromatic heterocycles. The second-order valence-electron chi connectivity index (χ2n) is 4.40. The molecule has 1 aromatic carbocycles. The van der Waals surface area contributed by atoms with Gasteiger partial charge in [0.1, 0.15) is 4.99 Å². The molecule has 2 rings (SSSR count). The van der Waals surface area contributed by atoms with Gasteiger partial charge in [-0.3, -0.25) is 4.98 Å². The van der Waals surface area contributed by atoms with Gasteiger partial charge in [0.15, 0.2) is 0 Å². The van der Waals surface area contributed by atoms with E-state index in [1.807, 2.05) is 12.1 Å². The Balaban J connectivity index is 2.05. The molecule has 0 spiro atoms. The van der Waals surface area contributed by atoms with Gasteiger partial charge in [-0.05, 0) is 36.2 Å². The van der Waals surface area contributed by atoms with Crippen LogP contribution in [0.3, 0.4) is 0 Å². The van der Waals surface area contributed by atoms with Gasteiger partial charge >= 0.3 is 0 Å². The molecule has 0 saturated carbocycles. The predicted octanol–water partition coefficient (Wildman–Crippen LogP) is 1.24. The number of nitrogens with zero attached hydrogens (tertiary/aromatic N) is 1. The molecule has 110 valence electrons. The minimum Gasteiger partial charge on any atom is -0.389 e. The number of pyridine rings is 1. The van der Waals surface area contributed by atoms with Crippen molar-refractivity contribution in [1.29, 1.82) is 0 Å². The summed E-state index contributed by atoms with van der Waals surface area (Å²) < 4.78 is 26.9. The SMILES string of the molecule is NC(=S)c1cccc(S(=O)(=O)NCCc2ccncc2)c1. The average molecular weight is 321 g/mol. The molecule has 0 atom stereocenters. The summed E-state index contributed by atoms with van der Waals surface area (Å²) in [7, 11) is -3.57. The van der Waals surface area contributed by atoms with Crippen LogP contribution in [0.15, 0.2) is 53.7 Å². The first-order valence-corrected chi connectivity index (χ1v) is 8.16. The molecule has 1 heterocycles. The fourth-order valence-electron chi connectivity index (χ4n) is 1.78. The number of rotatable bonds is 6. The first-order valence-electron chi connectivity index (χ1n) is 6.27. The van der Waals surface area contributed by atoms with Crippen molar-refractivity contribution in [1.82, 2.24) is 9.71 Å². The van der Waals surface area contributed by atoms with Crippen LogP contribution in [-0.2, 0) is 16.4 Å². The van der Waals surface area contributed by atoms with Crippen LogP contribution in [0.5, 0.6) is 0 Å². The maximum absolute atomic E-state index is 12.2. The van der Waals surface area contributed by atoms with E-state index in [9.17, 15) is 8.42 Å². The lowest BCUT2D eigenvalue weighted by Gasteiger charge is -2.08. The Hall–Kier alpha value is -1.83. The highest BCUT2D eigenvalue weighted by atomic mass is 32.2. The average Bonchev–Trinajstić information content (AvgIpc) is 2.48. The third-order valence-corrected chi connectivity index (χ3v) is 4.58. The largest absolute Gasteiger partial charge is 0.389 e. The molecule has 0 unspecified atom stereocenters. The van der Waals surface area contributed by atoms with Gasteiger partial charge < -0.3 is 5.73 Å². The molecule has 21 heavy (non-hydrogen) atoms. The summed E-state index contributed by atoms with van der Waals surface area (Å²) in [5.41, 5.74) is 7.06. The van der Waals surface area contributed by atoms with Crippen LogP contribution in [0.25, 0.3) is 0 Å². The number of nitrogens with two attached hydrogens (primary N) is 1. The normalized spacial score (nSPS) is 11.2. The Labute approximate surface area is 129 Å². The zero-order valence-electron chi connectivity index (χ0n) is 11.2. The molecule has 0 aliphatic rings. The van der Waals surface area contributed by atoms with Crippen molar-refractivity contribution in [2.45, 2.75) is 11.3 Å². The van der Waals surface area contributed by atoms with E-state index < -0.39 is 10.0 Å². The summed E-state index contributed by atoms with van der Waals surface area (Å²) in [6.07, 6.45) is 3.95. The highest BCUT2D eigenvalue weighted by Gasteiger charge is 2.14. The molecular weight excluding hydrogens is 306 g/mol. The fourth-order valence-corrected chi connectivity index (χ4v) is 2.98. The number of thiocarbonyl (C=S) groups is 1. The zero-order valence-corrected chi connectivity index (χ0v) is 12.8. The molecule has 3 N–H and O–H groups in total. The Morgan fingerprint density at radius 2 is 1.95 bits per heavy atom. The van der Waals surface area contributed by atoms with Gasteiger partial charge in [0.25, 0.3) is 0 Å². The smallest absolute Gasteiger partial charge is 0.240 e. The van der Waals surface area contributed by atoms with Gasteiger partial charge in [-0.25, -0.2) is 13.1 Å². The van der Waals surface area contributed by atoms with Crippen molar-refractivity contribution in [2.75, 3.05) is 6.54 Å². The van der Waals surface area contributed by atoms with Crippen molar-refractivity contribution in [2.24, 2.45) is 5.73 Å². The van der Waals surface area contributed by atoms with E-state index in [-0.39, 0.29) is 9.88 Å². The Morgan fingerprint density at radius 3 is 2.62 bits per heavy atom. The maximum Gasteiger partial charge on any atom is 0.240 e. The lowest BCUT2D eigenvalue weighted by Crippen LogP contribution is -2.26. The van der Waals surface area contributed by atoms with Crippen LogP contribution >= 0.6 is 12.2 Å². The molecule has 0 aliphatic carbocycles. The van der Waals surface area contributed by atoms with Crippen LogP contribution in [0.1, 0.15) is 11.1 Å². The van der Waals surface area contributed by atoms with E-state index in [0.29, 0.717) is 18.5 Å². The Bertz CT molecular complexity index is 731. The highest BCUT2D eigenvalue weighted by Crippen LogP contribution is 2.11. The molecule has 2 aromatic rings. The van der Waals surface area contributed by atoms with Crippen molar-refractivity contribution < 1.29 is 8.42 Å². The summed E-state index contributed by atoms with van der Waals surface area (Å²) in [5.74, 6) is 0. The molecule has 0 bridgehead atoms. The van der Waals surface area contributed by atoms with Gasteiger partial charge in [0.05, 0.1) is 4.90 Å². The van der Waals surface area contributed by atoms with E-state index in [0.717, 1.165) is 5.56 Å². The van der Waals surface area contributed by atoms with Crippen LogP contribution in [-0.4, -0.2) is 24.9 Å². The second kappa shape index (κ2) is 6.75. The number of sulfonamides is 1. The molecule has 0 radical (unpaired) electrons. The topological polar surface area (TPSA) is 85.1 Å². The first-order chi connectivity index (χ1) is 9.99. The molecule has 0 aliphatic heterocycles. The van der Waals surface area contributed by atoms with E-state index in [4.69, 9.17) is 18.0 Å². The minimum absolute atomic E-state index is 0.155. The standard InChI is InChI=1S/C14H15N3O2S2/c15-14(20)12-2-1-3-13(10-12)21(18,19)17-9-6-11-4-7-16-8-5-11/h1-5,7-8,10,17H,6,9H2,(H2,15,20). The summed E-state index contributed by atoms with van der Waals surface area (Å²) in [4.78, 5) is 4.24. The van der Waals surface area contributed by atoms with Gasteiger partial charge in [-0.1, -0.05) is 24.4 Å². The van der Waals surface area contributed by atoms with E-state index in [1.165, 1.54) is 12.1 Å². The van der Waals surface area contributed by atoms with Crippen LogP contribution < -0.4 is 10.5 Å². The minimum atomic E-state index is -3.57. The number of aromatic nitrogens is 1. The summed E-state index contributed by atoms with van der Waals surface area (Å²) in [5, 5.41) is 0. The predicted molar refractivity (Wildman–Crippen MR) is 85.5 cm³/mol. The number of hydrogen-bond donors (Lipinski definition) is 2. The molecule has 0 saturated heterocycles. The van der Waals surface area contributed by atoms with Gasteiger partial charge in [-0.15, -0.1) is 0 Å². The van der Waals surface area contributed by atoms with E-state index in [2.05, 4.69) is 9.71 Å². The first kappa shape index (κ1) is 15.6. The van der Waals surface area contributed by atoms with Crippen LogP contribution in [0.2, 0.25) is 0 Å². The number of hydrogen-bond acceptors (Lipinski definition) is 4. The number of nitrogens with one attached hydrogen (secondary N) is 1. The monoisotopic (exact) mass is 321 g/mol. The summed E-state index contributed by atoms with van der Waals surface area (Å²) in [6.45, 7) is 0.309. The summed E-state index contributed by atoms with van der Waals surface area (Å²) in [6, 6.07) is 9.97. The van der Waals surface area contributed by atoms with Crippen molar-refractivity contribution >= 4 is 27.2 Å². The highest BCUT2D eigenvalue weighted by molar-refractivity contribution is 7.89. The van der Waals surface area contributed by atoms with Gasteiger partial charge in [0.2, 0.25) is 10.0 Å². The van der Waals surface area contributed by atoms with Gasteiger partial charge in [-0.2, -0.15) is 0 Å². The molecular formula is C14H15N3O2S2. The van der Waals surface area contributed by atoms with Crippen molar-refractivity contribution in [3.05, 3.63) is 59.9 Å². The van der Waals surface area contributed by atoms with Crippen molar-refractivity contribution in [3.63, 3.8) is 0 Å². The zero-order chi connectivity index (χ0) is 15.3. The lowest BCUT2D eigenvalue weighted by molar-refractivity contribution is 0.581. The van der Waals surface area contributed by atoms with E-state index in [1.54, 1.807) is 24.5 Å². The number of benzene rings is 1. The van der Waals surface area contributed by atoms with Crippen molar-refractivity contribution in [3.8, 4) is 0 Å². The lowest BCUT2D eigenvalue weighted by atomic mass is 10.2. The molecule has 0 amide bonds. The third-order valence-electron chi connectivity index (χ3n) is 2.88. The third kappa shape index (κ3) is 4.32. The second-order valence-corrected chi connectivity index (χ2v) is 6.60. The van der Waals surface area contributed by atoms with Crippen LogP contribution in [0, 0.1) is 0 Å². The molecule has 0 fully saturated rings. The summed E-state index contributed by atoms with van der Waals surface area (Å²) >= 11 is 4.85. The van der Waals surface area contributed by atoms with Gasteiger partial charge in [0, 0.05) is 24.5 Å². The Morgan fingerprint density at radius 1 is 1.24 bits per heavy atom. The molecule has 7 heteroatoms. The van der Waals surface area contributed by atoms with E-state index >= 15 is 0 Å². The quantitative estimate of drug-likeness (QED) is 0.782. The maximum atomic E-state index is 12.2. The molecule has 5 nitrogen and oxygen atoms in total. The Kier molecular flexibility index (Phi) is 5.00.